The molecule has 0 fully saturated rings. The number of phenols is 1. The lowest BCUT2D eigenvalue weighted by Crippen LogP contribution is -1.96. The molecular formula is C16H16BrNO2. The van der Waals surface area contributed by atoms with Crippen LogP contribution in [0, 0.1) is 0 Å². The number of benzene rings is 2. The lowest BCUT2D eigenvalue weighted by Gasteiger charge is -2.07. The van der Waals surface area contributed by atoms with Gasteiger partial charge >= 0.3 is 0 Å². The molecule has 3 nitrogen and oxygen atoms in total. The molecule has 0 atom stereocenters. The van der Waals surface area contributed by atoms with Crippen LogP contribution in [0.1, 0.15) is 18.1 Å². The van der Waals surface area contributed by atoms with E-state index < -0.39 is 0 Å². The summed E-state index contributed by atoms with van der Waals surface area (Å²) in [5.41, 5.74) is 1.72. The second kappa shape index (κ2) is 7.10. The lowest BCUT2D eigenvalue weighted by atomic mass is 10.2. The number of phenolic OH excluding ortho intramolecular Hbond substituents is 1. The number of halogens is 1. The summed E-state index contributed by atoms with van der Waals surface area (Å²) in [5.74, 6) is 1.07. The molecule has 0 bridgehead atoms. The van der Waals surface area contributed by atoms with Gasteiger partial charge in [0.1, 0.15) is 11.5 Å². The van der Waals surface area contributed by atoms with Crippen LogP contribution in [-0.2, 0) is 6.54 Å². The monoisotopic (exact) mass is 333 g/mol. The Kier molecular flexibility index (Phi) is 5.18. The quantitative estimate of drug-likeness (QED) is 0.834. The first-order valence-corrected chi connectivity index (χ1v) is 7.19. The second-order valence-electron chi connectivity index (χ2n) is 4.21. The minimum absolute atomic E-state index is 0.218. The zero-order chi connectivity index (χ0) is 14.4. The van der Waals surface area contributed by atoms with Gasteiger partial charge in [0.15, 0.2) is 0 Å². The summed E-state index contributed by atoms with van der Waals surface area (Å²) in [6, 6.07) is 13.1. The number of para-hydroxylation sites is 1. The van der Waals surface area contributed by atoms with Crippen molar-refractivity contribution in [1.29, 1.82) is 0 Å². The summed E-state index contributed by atoms with van der Waals surface area (Å²) < 4.78 is 6.46. The van der Waals surface area contributed by atoms with Gasteiger partial charge in [-0.25, -0.2) is 0 Å². The molecule has 0 spiro atoms. The van der Waals surface area contributed by atoms with Crippen molar-refractivity contribution in [2.45, 2.75) is 13.5 Å². The number of rotatable bonds is 5. The van der Waals surface area contributed by atoms with Gasteiger partial charge in [0, 0.05) is 21.8 Å². The fourth-order valence-electron chi connectivity index (χ4n) is 1.80. The largest absolute Gasteiger partial charge is 0.507 e. The van der Waals surface area contributed by atoms with E-state index in [-0.39, 0.29) is 5.75 Å². The molecule has 0 amide bonds. The third-order valence-electron chi connectivity index (χ3n) is 2.75. The molecule has 0 unspecified atom stereocenters. The van der Waals surface area contributed by atoms with E-state index in [2.05, 4.69) is 20.9 Å². The van der Waals surface area contributed by atoms with Crippen LogP contribution in [0.4, 0.5) is 0 Å². The average molecular weight is 334 g/mol. The molecule has 1 N–H and O–H groups in total. The number of hydrogen-bond acceptors (Lipinski definition) is 3. The molecule has 0 saturated heterocycles. The summed E-state index contributed by atoms with van der Waals surface area (Å²) in [4.78, 5) is 4.37. The van der Waals surface area contributed by atoms with Crippen LogP contribution in [0.15, 0.2) is 51.9 Å². The van der Waals surface area contributed by atoms with E-state index in [1.807, 2.05) is 37.3 Å². The van der Waals surface area contributed by atoms with Crippen molar-refractivity contribution in [3.63, 3.8) is 0 Å². The minimum Gasteiger partial charge on any atom is -0.507 e. The van der Waals surface area contributed by atoms with Gasteiger partial charge < -0.3 is 9.84 Å². The zero-order valence-electron chi connectivity index (χ0n) is 11.2. The molecule has 0 aromatic heterocycles. The van der Waals surface area contributed by atoms with Crippen LogP contribution in [-0.4, -0.2) is 17.9 Å². The molecule has 2 aromatic carbocycles. The minimum atomic E-state index is 0.218. The number of aliphatic imine (C=N–C) groups is 1. The topological polar surface area (TPSA) is 41.8 Å². The molecule has 2 aromatic rings. The summed E-state index contributed by atoms with van der Waals surface area (Å²) in [6.07, 6.45) is 1.67. The highest BCUT2D eigenvalue weighted by molar-refractivity contribution is 9.10. The number of hydrogen-bond donors (Lipinski definition) is 1. The standard InChI is InChI=1S/C16H16BrNO2/c1-2-20-16-6-4-3-5-12(16)10-18-11-13-9-14(17)7-8-15(13)19/h3-9,11,19H,2,10H2,1H3. The fourth-order valence-corrected chi connectivity index (χ4v) is 2.18. The van der Waals surface area contributed by atoms with Crippen LogP contribution in [0.2, 0.25) is 0 Å². The van der Waals surface area contributed by atoms with E-state index >= 15 is 0 Å². The van der Waals surface area contributed by atoms with E-state index in [4.69, 9.17) is 4.74 Å². The van der Waals surface area contributed by atoms with Gasteiger partial charge in [-0.3, -0.25) is 4.99 Å². The maximum absolute atomic E-state index is 9.73. The third-order valence-corrected chi connectivity index (χ3v) is 3.25. The first-order chi connectivity index (χ1) is 9.70. The molecule has 0 aliphatic carbocycles. The Labute approximate surface area is 127 Å². The van der Waals surface area contributed by atoms with Crippen molar-refractivity contribution >= 4 is 22.1 Å². The van der Waals surface area contributed by atoms with Crippen LogP contribution in [0.3, 0.4) is 0 Å². The zero-order valence-corrected chi connectivity index (χ0v) is 12.8. The highest BCUT2D eigenvalue weighted by atomic mass is 79.9. The van der Waals surface area contributed by atoms with Crippen molar-refractivity contribution in [3.8, 4) is 11.5 Å². The highest BCUT2D eigenvalue weighted by Crippen LogP contribution is 2.21. The highest BCUT2D eigenvalue weighted by Gasteiger charge is 2.01. The molecule has 0 radical (unpaired) electrons. The van der Waals surface area contributed by atoms with Crippen molar-refractivity contribution in [1.82, 2.24) is 0 Å². The van der Waals surface area contributed by atoms with Crippen LogP contribution >= 0.6 is 15.9 Å². The van der Waals surface area contributed by atoms with Gasteiger partial charge in [-0.1, -0.05) is 34.1 Å². The maximum Gasteiger partial charge on any atom is 0.124 e. The average Bonchev–Trinajstić information content (AvgIpc) is 2.45. The van der Waals surface area contributed by atoms with E-state index in [1.165, 1.54) is 0 Å². The van der Waals surface area contributed by atoms with E-state index in [9.17, 15) is 5.11 Å². The first-order valence-electron chi connectivity index (χ1n) is 6.39. The first kappa shape index (κ1) is 14.6. The van der Waals surface area contributed by atoms with E-state index in [1.54, 1.807) is 18.3 Å². The van der Waals surface area contributed by atoms with Crippen molar-refractivity contribution in [2.75, 3.05) is 6.61 Å². The molecule has 2 rings (SSSR count). The Morgan fingerprint density at radius 2 is 2.05 bits per heavy atom. The Morgan fingerprint density at radius 3 is 2.85 bits per heavy atom. The Hall–Kier alpha value is -1.81. The van der Waals surface area contributed by atoms with Gasteiger partial charge in [-0.05, 0) is 31.2 Å². The van der Waals surface area contributed by atoms with E-state index in [0.29, 0.717) is 18.7 Å². The van der Waals surface area contributed by atoms with Gasteiger partial charge in [0.05, 0.1) is 13.2 Å². The predicted octanol–water partition coefficient (Wildman–Crippen LogP) is 4.17. The molecule has 0 aliphatic heterocycles. The third kappa shape index (κ3) is 3.84. The number of aromatic hydroxyl groups is 1. The van der Waals surface area contributed by atoms with Gasteiger partial charge in [-0.15, -0.1) is 0 Å². The van der Waals surface area contributed by atoms with Crippen LogP contribution in [0.25, 0.3) is 0 Å². The molecular weight excluding hydrogens is 318 g/mol. The van der Waals surface area contributed by atoms with Gasteiger partial charge in [0.25, 0.3) is 0 Å². The SMILES string of the molecule is CCOc1ccccc1CN=Cc1cc(Br)ccc1O. The molecule has 0 heterocycles. The molecule has 0 aliphatic rings. The Morgan fingerprint density at radius 1 is 1.25 bits per heavy atom. The molecule has 0 saturated carbocycles. The molecule has 20 heavy (non-hydrogen) atoms. The van der Waals surface area contributed by atoms with Crippen molar-refractivity contribution in [2.24, 2.45) is 4.99 Å². The number of ether oxygens (including phenoxy) is 1. The van der Waals surface area contributed by atoms with Gasteiger partial charge in [-0.2, -0.15) is 0 Å². The van der Waals surface area contributed by atoms with Crippen LogP contribution < -0.4 is 4.74 Å². The second-order valence-corrected chi connectivity index (χ2v) is 5.13. The normalized spacial score (nSPS) is 10.9. The van der Waals surface area contributed by atoms with Gasteiger partial charge in [0.2, 0.25) is 0 Å². The summed E-state index contributed by atoms with van der Waals surface area (Å²) >= 11 is 3.37. The predicted molar refractivity (Wildman–Crippen MR) is 84.7 cm³/mol. The Bertz CT molecular complexity index is 611. The van der Waals surface area contributed by atoms with E-state index in [0.717, 1.165) is 15.8 Å². The maximum atomic E-state index is 9.73. The molecule has 104 valence electrons. The smallest absolute Gasteiger partial charge is 0.124 e. The summed E-state index contributed by atoms with van der Waals surface area (Å²) in [5, 5.41) is 9.73. The van der Waals surface area contributed by atoms with Crippen LogP contribution in [0.5, 0.6) is 11.5 Å². The molecule has 4 heteroatoms. The lowest BCUT2D eigenvalue weighted by molar-refractivity contribution is 0.336. The van der Waals surface area contributed by atoms with Crippen molar-refractivity contribution < 1.29 is 9.84 Å². The fraction of sp³-hybridized carbons (Fsp3) is 0.188. The summed E-state index contributed by atoms with van der Waals surface area (Å²) in [6.45, 7) is 3.11. The van der Waals surface area contributed by atoms with Crippen molar-refractivity contribution in [3.05, 3.63) is 58.1 Å². The Balaban J connectivity index is 2.12. The number of nitrogens with zero attached hydrogens (tertiary/aromatic N) is 1. The summed E-state index contributed by atoms with van der Waals surface area (Å²) in [7, 11) is 0.